The van der Waals surface area contributed by atoms with Gasteiger partial charge in [0.25, 0.3) is 0 Å². The van der Waals surface area contributed by atoms with E-state index >= 15 is 0 Å². The number of benzene rings is 1. The first-order valence-electron chi connectivity index (χ1n) is 6.77. The molecule has 0 fully saturated rings. The third kappa shape index (κ3) is 3.79. The van der Waals surface area contributed by atoms with Crippen molar-refractivity contribution in [2.45, 2.75) is 32.9 Å². The van der Waals surface area contributed by atoms with Crippen LogP contribution in [-0.2, 0) is 11.3 Å². The first-order valence-corrected chi connectivity index (χ1v) is 7.65. The van der Waals surface area contributed by atoms with E-state index in [9.17, 15) is 18.4 Å². The quantitative estimate of drug-likeness (QED) is 0.918. The van der Waals surface area contributed by atoms with Gasteiger partial charge in [0.1, 0.15) is 0 Å². The second kappa shape index (κ2) is 6.83. The summed E-state index contributed by atoms with van der Waals surface area (Å²) >= 11 is 1.09. The molecule has 0 saturated carbocycles. The van der Waals surface area contributed by atoms with Crippen LogP contribution in [0.25, 0.3) is 0 Å². The van der Waals surface area contributed by atoms with E-state index in [2.05, 4.69) is 5.32 Å². The van der Waals surface area contributed by atoms with Gasteiger partial charge in [0.2, 0.25) is 5.91 Å². The highest BCUT2D eigenvalue weighted by molar-refractivity contribution is 7.07. The highest BCUT2D eigenvalue weighted by Gasteiger charge is 2.13. The van der Waals surface area contributed by atoms with Gasteiger partial charge in [0.15, 0.2) is 11.6 Å². The van der Waals surface area contributed by atoms with Gasteiger partial charge >= 0.3 is 4.87 Å². The second-order valence-corrected chi connectivity index (χ2v) is 5.83. The van der Waals surface area contributed by atoms with E-state index in [4.69, 9.17) is 0 Å². The summed E-state index contributed by atoms with van der Waals surface area (Å²) in [5.74, 6) is -2.12. The zero-order valence-corrected chi connectivity index (χ0v) is 13.0. The summed E-state index contributed by atoms with van der Waals surface area (Å²) in [6.07, 6.45) is 0.144. The maximum atomic E-state index is 13.2. The molecule has 0 aliphatic rings. The summed E-state index contributed by atoms with van der Waals surface area (Å²) in [6.45, 7) is 3.79. The van der Waals surface area contributed by atoms with Crippen LogP contribution < -0.4 is 10.2 Å². The van der Waals surface area contributed by atoms with Crippen LogP contribution >= 0.6 is 11.3 Å². The predicted molar refractivity (Wildman–Crippen MR) is 80.8 cm³/mol. The van der Waals surface area contributed by atoms with Crippen LogP contribution in [0.5, 0.6) is 0 Å². The van der Waals surface area contributed by atoms with Gasteiger partial charge in [-0.1, -0.05) is 17.4 Å². The van der Waals surface area contributed by atoms with Crippen LogP contribution in [0, 0.1) is 18.6 Å². The topological polar surface area (TPSA) is 51.1 Å². The molecule has 0 radical (unpaired) electrons. The Morgan fingerprint density at radius 2 is 2.09 bits per heavy atom. The smallest absolute Gasteiger partial charge is 0.307 e. The predicted octanol–water partition coefficient (Wildman–Crippen LogP) is 2.76. The Bertz CT molecular complexity index is 739. The van der Waals surface area contributed by atoms with Gasteiger partial charge in [0, 0.05) is 24.0 Å². The number of hydrogen-bond acceptors (Lipinski definition) is 3. The molecule has 0 spiro atoms. The Balaban J connectivity index is 1.94. The fourth-order valence-electron chi connectivity index (χ4n) is 2.07. The average Bonchev–Trinajstić information content (AvgIpc) is 2.78. The van der Waals surface area contributed by atoms with Crippen molar-refractivity contribution >= 4 is 17.2 Å². The molecule has 1 N–H and O–H groups in total. The van der Waals surface area contributed by atoms with E-state index < -0.39 is 17.7 Å². The number of nitrogens with zero attached hydrogens (tertiary/aromatic N) is 1. The number of rotatable bonds is 5. The number of nitrogens with one attached hydrogen (secondary N) is 1. The van der Waals surface area contributed by atoms with Crippen LogP contribution in [-0.4, -0.2) is 10.5 Å². The van der Waals surface area contributed by atoms with E-state index in [0.29, 0.717) is 12.1 Å². The SMILES string of the molecule is Cc1csc(=O)n1CCC(=O)NC(C)c1ccc(F)c(F)c1. The second-order valence-electron chi connectivity index (χ2n) is 5.01. The normalized spacial score (nSPS) is 12.2. The van der Waals surface area contributed by atoms with Crippen molar-refractivity contribution in [2.75, 3.05) is 0 Å². The summed E-state index contributed by atoms with van der Waals surface area (Å²) < 4.78 is 27.6. The zero-order valence-electron chi connectivity index (χ0n) is 12.2. The van der Waals surface area contributed by atoms with Crippen molar-refractivity contribution in [1.82, 2.24) is 9.88 Å². The molecule has 1 atom stereocenters. The van der Waals surface area contributed by atoms with Crippen LogP contribution in [0.1, 0.15) is 30.6 Å². The Kier molecular flexibility index (Phi) is 5.07. The fraction of sp³-hybridized carbons (Fsp3) is 0.333. The molecule has 1 heterocycles. The molecule has 2 rings (SSSR count). The molecular formula is C15H16F2N2O2S. The summed E-state index contributed by atoms with van der Waals surface area (Å²) in [7, 11) is 0. The molecule has 0 aliphatic carbocycles. The molecule has 1 aromatic heterocycles. The lowest BCUT2D eigenvalue weighted by molar-refractivity contribution is -0.121. The minimum absolute atomic E-state index is 0.0982. The van der Waals surface area contributed by atoms with Crippen molar-refractivity contribution in [3.8, 4) is 0 Å². The van der Waals surface area contributed by atoms with Crippen molar-refractivity contribution in [1.29, 1.82) is 0 Å². The number of aromatic nitrogens is 1. The minimum Gasteiger partial charge on any atom is -0.350 e. The van der Waals surface area contributed by atoms with E-state index in [0.717, 1.165) is 29.2 Å². The number of aryl methyl sites for hydroxylation is 1. The first-order chi connectivity index (χ1) is 10.4. The fourth-order valence-corrected chi connectivity index (χ4v) is 2.83. The Labute approximate surface area is 130 Å². The van der Waals surface area contributed by atoms with E-state index in [-0.39, 0.29) is 17.2 Å². The van der Waals surface area contributed by atoms with Crippen LogP contribution in [0.15, 0.2) is 28.4 Å². The number of hydrogen-bond donors (Lipinski definition) is 1. The van der Waals surface area contributed by atoms with Gasteiger partial charge in [0.05, 0.1) is 6.04 Å². The number of carbonyl (C=O) groups is 1. The maximum absolute atomic E-state index is 13.2. The van der Waals surface area contributed by atoms with Crippen molar-refractivity contribution in [3.05, 3.63) is 56.1 Å². The summed E-state index contributed by atoms with van der Waals surface area (Å²) in [5.41, 5.74) is 1.30. The number of halogens is 2. The van der Waals surface area contributed by atoms with Gasteiger partial charge in [-0.15, -0.1) is 0 Å². The lowest BCUT2D eigenvalue weighted by atomic mass is 10.1. The molecule has 0 bridgehead atoms. The highest BCUT2D eigenvalue weighted by Crippen LogP contribution is 2.16. The van der Waals surface area contributed by atoms with Crippen LogP contribution in [0.2, 0.25) is 0 Å². The number of amides is 1. The number of carbonyl (C=O) groups excluding carboxylic acids is 1. The molecule has 0 aliphatic heterocycles. The van der Waals surface area contributed by atoms with Crippen molar-refractivity contribution in [3.63, 3.8) is 0 Å². The third-order valence-corrected chi connectivity index (χ3v) is 4.24. The minimum atomic E-state index is -0.945. The third-order valence-electron chi connectivity index (χ3n) is 3.36. The highest BCUT2D eigenvalue weighted by atomic mass is 32.1. The van der Waals surface area contributed by atoms with Gasteiger partial charge in [-0.2, -0.15) is 0 Å². The first kappa shape index (κ1) is 16.4. The van der Waals surface area contributed by atoms with E-state index in [1.54, 1.807) is 19.2 Å². The lowest BCUT2D eigenvalue weighted by Crippen LogP contribution is -2.28. The van der Waals surface area contributed by atoms with Crippen LogP contribution in [0.3, 0.4) is 0 Å². The monoisotopic (exact) mass is 326 g/mol. The van der Waals surface area contributed by atoms with Gasteiger partial charge < -0.3 is 9.88 Å². The van der Waals surface area contributed by atoms with E-state index in [1.165, 1.54) is 10.6 Å². The molecule has 22 heavy (non-hydrogen) atoms. The molecule has 118 valence electrons. The Hall–Kier alpha value is -2.02. The van der Waals surface area contributed by atoms with Crippen LogP contribution in [0.4, 0.5) is 8.78 Å². The van der Waals surface area contributed by atoms with Gasteiger partial charge in [-0.05, 0) is 31.5 Å². The molecule has 7 heteroatoms. The Morgan fingerprint density at radius 1 is 1.36 bits per heavy atom. The average molecular weight is 326 g/mol. The summed E-state index contributed by atoms with van der Waals surface area (Å²) in [5, 5.41) is 4.44. The number of thiazole rings is 1. The van der Waals surface area contributed by atoms with Gasteiger partial charge in [-0.25, -0.2) is 8.78 Å². The largest absolute Gasteiger partial charge is 0.350 e. The molecule has 0 saturated heterocycles. The molecular weight excluding hydrogens is 310 g/mol. The van der Waals surface area contributed by atoms with Crippen molar-refractivity contribution in [2.24, 2.45) is 0 Å². The molecule has 2 aromatic rings. The zero-order chi connectivity index (χ0) is 16.3. The van der Waals surface area contributed by atoms with E-state index in [1.807, 2.05) is 0 Å². The summed E-state index contributed by atoms with van der Waals surface area (Å²) in [6, 6.07) is 3.08. The molecule has 1 amide bonds. The lowest BCUT2D eigenvalue weighted by Gasteiger charge is -2.15. The summed E-state index contributed by atoms with van der Waals surface area (Å²) in [4.78, 5) is 23.3. The maximum Gasteiger partial charge on any atom is 0.307 e. The molecule has 4 nitrogen and oxygen atoms in total. The molecule has 1 unspecified atom stereocenters. The Morgan fingerprint density at radius 3 is 2.68 bits per heavy atom. The van der Waals surface area contributed by atoms with Crippen molar-refractivity contribution < 1.29 is 13.6 Å². The van der Waals surface area contributed by atoms with Gasteiger partial charge in [-0.3, -0.25) is 9.59 Å². The standard InChI is InChI=1S/C15H16F2N2O2S/c1-9-8-22-15(21)19(9)6-5-14(20)18-10(2)11-3-4-12(16)13(17)7-11/h3-4,7-8,10H,5-6H2,1-2H3,(H,18,20). The molecule has 1 aromatic carbocycles.